The Bertz CT molecular complexity index is 669. The highest BCUT2D eigenvalue weighted by Gasteiger charge is 2.32. The van der Waals surface area contributed by atoms with Gasteiger partial charge in [-0.05, 0) is 53.9 Å². The van der Waals surface area contributed by atoms with E-state index in [1.54, 1.807) is 0 Å². The van der Waals surface area contributed by atoms with Gasteiger partial charge in [-0.25, -0.2) is 4.79 Å². The van der Waals surface area contributed by atoms with Crippen LogP contribution in [0.25, 0.3) is 0 Å². The zero-order chi connectivity index (χ0) is 20.3. The summed E-state index contributed by atoms with van der Waals surface area (Å²) in [7, 11) is 0. The van der Waals surface area contributed by atoms with Crippen LogP contribution in [0, 0.1) is 0 Å². The van der Waals surface area contributed by atoms with E-state index >= 15 is 0 Å². The molecule has 0 unspecified atom stereocenters. The molecule has 2 aliphatic heterocycles. The summed E-state index contributed by atoms with van der Waals surface area (Å²) in [6, 6.07) is 0.308. The lowest BCUT2D eigenvalue weighted by Crippen LogP contribution is -2.52. The molecule has 1 N–H and O–H groups in total. The summed E-state index contributed by atoms with van der Waals surface area (Å²) >= 11 is 0. The number of nitrogens with one attached hydrogen (secondary N) is 1. The van der Waals surface area contributed by atoms with Gasteiger partial charge in [0.15, 0.2) is 0 Å². The minimum Gasteiger partial charge on any atom is -0.444 e. The van der Waals surface area contributed by atoms with E-state index in [0.717, 1.165) is 31.0 Å². The Morgan fingerprint density at radius 2 is 2.07 bits per heavy atom. The second-order valence-electron chi connectivity index (χ2n) is 9.01. The van der Waals surface area contributed by atoms with E-state index in [1.807, 2.05) is 25.7 Å². The summed E-state index contributed by atoms with van der Waals surface area (Å²) in [5.41, 5.74) is -0.495. The van der Waals surface area contributed by atoms with E-state index < -0.39 is 5.60 Å². The number of hydrogen-bond acceptors (Lipinski definition) is 6. The maximum Gasteiger partial charge on any atom is 0.410 e. The molecule has 0 spiro atoms. The summed E-state index contributed by atoms with van der Waals surface area (Å²) < 4.78 is 13.5. The predicted octanol–water partition coefficient (Wildman–Crippen LogP) is 2.68. The van der Waals surface area contributed by atoms with Gasteiger partial charge in [0, 0.05) is 25.6 Å². The number of nitrogens with zero attached hydrogens (tertiary/aromatic N) is 4. The monoisotopic (exact) mass is 393 g/mol. The minimum absolute atomic E-state index is 0.00520. The number of ether oxygens (including phenoxy) is 2. The molecule has 1 aromatic rings. The largest absolute Gasteiger partial charge is 0.444 e. The molecule has 1 fully saturated rings. The van der Waals surface area contributed by atoms with Gasteiger partial charge in [-0.3, -0.25) is 0 Å². The van der Waals surface area contributed by atoms with Gasteiger partial charge in [-0.1, -0.05) is 0 Å². The topological polar surface area (TPSA) is 81.5 Å². The number of carbonyl (C=O) groups is 1. The number of amides is 1. The van der Waals surface area contributed by atoms with Gasteiger partial charge in [0.1, 0.15) is 17.2 Å². The third kappa shape index (κ3) is 5.23. The number of aryl methyl sites for hydroxylation is 1. The summed E-state index contributed by atoms with van der Waals surface area (Å²) in [5.74, 6) is 2.10. The van der Waals surface area contributed by atoms with E-state index in [1.165, 1.54) is 12.8 Å². The number of hydrogen-bond donors (Lipinski definition) is 1. The van der Waals surface area contributed by atoms with Crippen molar-refractivity contribution >= 4 is 6.09 Å². The molecule has 2 aliphatic rings. The summed E-state index contributed by atoms with van der Waals surface area (Å²) in [4.78, 5) is 14.4. The van der Waals surface area contributed by atoms with Crippen LogP contribution < -0.4 is 5.32 Å². The second kappa shape index (κ2) is 8.78. The van der Waals surface area contributed by atoms with Crippen molar-refractivity contribution < 1.29 is 14.3 Å². The van der Waals surface area contributed by atoms with E-state index in [4.69, 9.17) is 9.47 Å². The minimum atomic E-state index is -0.495. The first-order valence-electron chi connectivity index (χ1n) is 10.5. The van der Waals surface area contributed by atoms with E-state index in [-0.39, 0.29) is 24.2 Å². The van der Waals surface area contributed by atoms with Gasteiger partial charge in [0.05, 0.1) is 25.3 Å². The third-order valence-electron chi connectivity index (χ3n) is 5.29. The quantitative estimate of drug-likeness (QED) is 0.828. The summed E-state index contributed by atoms with van der Waals surface area (Å²) in [6.07, 6.45) is 3.93. The maximum atomic E-state index is 12.6. The lowest BCUT2D eigenvalue weighted by Gasteiger charge is -2.38. The molecule has 0 aliphatic carbocycles. The SMILES string of the molecule is C[C@H](C[C@H]1COCCN1C(=O)OC(C)(C)C)N[C@H](C)c1nnc2n1CCCC2. The number of aromatic nitrogens is 3. The van der Waals surface area contributed by atoms with Crippen molar-refractivity contribution in [2.75, 3.05) is 19.8 Å². The van der Waals surface area contributed by atoms with Crippen LogP contribution in [0.1, 0.15) is 71.6 Å². The molecule has 0 radical (unpaired) electrons. The first-order chi connectivity index (χ1) is 13.2. The zero-order valence-electron chi connectivity index (χ0n) is 17.9. The van der Waals surface area contributed by atoms with Gasteiger partial charge >= 0.3 is 6.09 Å². The highest BCUT2D eigenvalue weighted by atomic mass is 16.6. The standard InChI is InChI=1S/C20H35N5O3/c1-14(21-15(2)18-23-22-17-8-6-7-9-25(17)18)12-16-13-27-11-10-24(16)19(26)28-20(3,4)5/h14-16,21H,6-13H2,1-5H3/t14-,15-,16+/m1/s1. The van der Waals surface area contributed by atoms with Crippen LogP contribution in [0.5, 0.6) is 0 Å². The Labute approximate surface area is 168 Å². The lowest BCUT2D eigenvalue weighted by molar-refractivity contribution is -0.0357. The van der Waals surface area contributed by atoms with Crippen molar-refractivity contribution in [1.82, 2.24) is 25.0 Å². The van der Waals surface area contributed by atoms with Crippen LogP contribution >= 0.6 is 0 Å². The van der Waals surface area contributed by atoms with Crippen LogP contribution in [0.4, 0.5) is 4.79 Å². The van der Waals surface area contributed by atoms with Crippen molar-refractivity contribution in [3.8, 4) is 0 Å². The number of fused-ring (bicyclic) bond motifs is 1. The highest BCUT2D eigenvalue weighted by molar-refractivity contribution is 5.68. The Hall–Kier alpha value is -1.67. The fourth-order valence-corrected chi connectivity index (χ4v) is 4.04. The molecule has 8 heteroatoms. The molecule has 0 saturated carbocycles. The van der Waals surface area contributed by atoms with Crippen molar-refractivity contribution in [2.24, 2.45) is 0 Å². The molecular weight excluding hydrogens is 358 g/mol. The summed E-state index contributed by atoms with van der Waals surface area (Å²) in [5, 5.41) is 12.4. The fraction of sp³-hybridized carbons (Fsp3) is 0.850. The molecule has 28 heavy (non-hydrogen) atoms. The number of morpholine rings is 1. The molecule has 1 amide bonds. The molecular formula is C20H35N5O3. The van der Waals surface area contributed by atoms with Gasteiger partial charge in [-0.2, -0.15) is 0 Å². The first kappa shape index (κ1) is 21.0. The molecule has 8 nitrogen and oxygen atoms in total. The van der Waals surface area contributed by atoms with Crippen molar-refractivity contribution in [2.45, 2.75) is 90.6 Å². The van der Waals surface area contributed by atoms with Gasteiger partial charge in [-0.15, -0.1) is 10.2 Å². The highest BCUT2D eigenvalue weighted by Crippen LogP contribution is 2.21. The molecule has 3 rings (SSSR count). The van der Waals surface area contributed by atoms with Crippen molar-refractivity contribution in [3.63, 3.8) is 0 Å². The molecule has 1 saturated heterocycles. The summed E-state index contributed by atoms with van der Waals surface area (Å²) in [6.45, 7) is 12.6. The molecule has 0 bridgehead atoms. The zero-order valence-corrected chi connectivity index (χ0v) is 17.9. The average molecular weight is 394 g/mol. The maximum absolute atomic E-state index is 12.6. The molecule has 1 aromatic heterocycles. The average Bonchev–Trinajstić information content (AvgIpc) is 3.04. The molecule has 0 aromatic carbocycles. The fourth-order valence-electron chi connectivity index (χ4n) is 4.04. The van der Waals surface area contributed by atoms with Gasteiger partial charge in [0.2, 0.25) is 0 Å². The van der Waals surface area contributed by atoms with Gasteiger partial charge < -0.3 is 24.3 Å². The Kier molecular flexibility index (Phi) is 6.60. The van der Waals surface area contributed by atoms with Crippen LogP contribution in [0.3, 0.4) is 0 Å². The van der Waals surface area contributed by atoms with E-state index in [9.17, 15) is 4.79 Å². The second-order valence-corrected chi connectivity index (χ2v) is 9.01. The molecule has 3 atom stereocenters. The Balaban J connectivity index is 1.58. The molecule has 3 heterocycles. The normalized spacial score (nSPS) is 22.5. The van der Waals surface area contributed by atoms with Gasteiger partial charge in [0.25, 0.3) is 0 Å². The van der Waals surface area contributed by atoms with E-state index in [0.29, 0.717) is 19.8 Å². The van der Waals surface area contributed by atoms with Crippen LogP contribution in [-0.4, -0.2) is 63.2 Å². The smallest absolute Gasteiger partial charge is 0.410 e. The van der Waals surface area contributed by atoms with Crippen molar-refractivity contribution in [3.05, 3.63) is 11.6 Å². The Morgan fingerprint density at radius 1 is 1.29 bits per heavy atom. The lowest BCUT2D eigenvalue weighted by atomic mass is 10.1. The molecule has 158 valence electrons. The Morgan fingerprint density at radius 3 is 2.82 bits per heavy atom. The van der Waals surface area contributed by atoms with Crippen molar-refractivity contribution in [1.29, 1.82) is 0 Å². The van der Waals surface area contributed by atoms with Crippen LogP contribution in [0.2, 0.25) is 0 Å². The first-order valence-corrected chi connectivity index (χ1v) is 10.5. The van der Waals surface area contributed by atoms with Crippen LogP contribution in [0.15, 0.2) is 0 Å². The van der Waals surface area contributed by atoms with Crippen LogP contribution in [-0.2, 0) is 22.4 Å². The predicted molar refractivity (Wildman–Crippen MR) is 106 cm³/mol. The number of carbonyl (C=O) groups excluding carboxylic acids is 1. The van der Waals surface area contributed by atoms with E-state index in [2.05, 4.69) is 33.9 Å². The number of rotatable bonds is 5. The third-order valence-corrected chi connectivity index (χ3v) is 5.29.